The van der Waals surface area contributed by atoms with Crippen molar-refractivity contribution in [3.05, 3.63) is 173 Å². The summed E-state index contributed by atoms with van der Waals surface area (Å²) < 4.78 is 13.3. The minimum Gasteiger partial charge on any atom is -1.00 e. The number of aromatic nitrogens is 1. The van der Waals surface area contributed by atoms with E-state index >= 15 is 0 Å². The molecule has 5 nitrogen and oxygen atoms in total. The van der Waals surface area contributed by atoms with E-state index in [1.165, 1.54) is 0 Å². The number of nitrogens with zero attached hydrogens (tertiary/aromatic N) is 3. The summed E-state index contributed by atoms with van der Waals surface area (Å²) in [6.07, 6.45) is -0.601. The van der Waals surface area contributed by atoms with Gasteiger partial charge in [0.2, 0.25) is 11.8 Å². The van der Waals surface area contributed by atoms with E-state index in [1.807, 2.05) is 91.0 Å². The van der Waals surface area contributed by atoms with E-state index in [1.54, 1.807) is 0 Å². The minimum atomic E-state index is -0.624. The SMILES string of the molecule is CC1(c2ccccc2)N=C(c2cccc(C3=NC(C)(c4ccccc4)C(c4ccccc4)O3)n2)OC1c1ccccc1.[Cl-].[Cl-].[Cl-].[V+3]. The Kier molecular flexibility index (Phi) is 12.3. The molecule has 9 heteroatoms. The van der Waals surface area contributed by atoms with Crippen molar-refractivity contribution in [3.8, 4) is 0 Å². The fraction of sp³-hybridized carbons (Fsp3) is 0.162. The number of halogens is 3. The van der Waals surface area contributed by atoms with Gasteiger partial charge in [0.25, 0.3) is 0 Å². The van der Waals surface area contributed by atoms with Gasteiger partial charge in [-0.15, -0.1) is 0 Å². The van der Waals surface area contributed by atoms with Gasteiger partial charge in [-0.25, -0.2) is 15.0 Å². The number of hydrogen-bond donors (Lipinski definition) is 0. The molecule has 5 aromatic rings. The van der Waals surface area contributed by atoms with Crippen molar-refractivity contribution in [2.45, 2.75) is 37.1 Å². The topological polar surface area (TPSA) is 56.1 Å². The van der Waals surface area contributed by atoms with Crippen molar-refractivity contribution in [2.24, 2.45) is 9.98 Å². The molecule has 4 atom stereocenters. The summed E-state index contributed by atoms with van der Waals surface area (Å²) in [5.41, 5.74) is 4.32. The first-order valence-corrected chi connectivity index (χ1v) is 14.3. The van der Waals surface area contributed by atoms with E-state index < -0.39 is 11.1 Å². The zero-order chi connectivity index (χ0) is 28.6. The number of benzene rings is 4. The van der Waals surface area contributed by atoms with Crippen molar-refractivity contribution in [2.75, 3.05) is 0 Å². The van der Waals surface area contributed by atoms with Crippen LogP contribution in [0, 0.1) is 0 Å². The van der Waals surface area contributed by atoms with E-state index in [9.17, 15) is 0 Å². The third-order valence-corrected chi connectivity index (χ3v) is 8.26. The Bertz CT molecular complexity index is 1650. The second kappa shape index (κ2) is 15.3. The van der Waals surface area contributed by atoms with E-state index in [0.717, 1.165) is 22.3 Å². The molecule has 0 N–H and O–H groups in total. The number of pyridine rings is 1. The standard InChI is InChI=1S/C37H31N3O2.3ClH.V/c1-36(28-20-11-5-12-21-28)32(26-16-7-3-8-17-26)41-34(39-36)30-24-15-25-31(38-30)35-40-37(2,29-22-13-6-14-23-29)33(42-35)27-18-9-4-10-19-27;;;;/h3-25,32-33H,1-2H3;3*1H;/q;;;;+3/p-3. The summed E-state index contributed by atoms with van der Waals surface area (Å²) in [5.74, 6) is 1.00. The van der Waals surface area contributed by atoms with Crippen molar-refractivity contribution in [1.82, 2.24) is 4.98 Å². The van der Waals surface area contributed by atoms with Gasteiger partial charge in [-0.3, -0.25) is 0 Å². The predicted octanol–water partition coefficient (Wildman–Crippen LogP) is -1.04. The summed E-state index contributed by atoms with van der Waals surface area (Å²) >= 11 is 0. The Labute approximate surface area is 300 Å². The Morgan fingerprint density at radius 1 is 0.457 bits per heavy atom. The molecule has 0 bridgehead atoms. The summed E-state index contributed by atoms with van der Waals surface area (Å²) in [7, 11) is 0. The number of rotatable bonds is 6. The first kappa shape index (κ1) is 36.9. The van der Waals surface area contributed by atoms with Gasteiger partial charge in [-0.05, 0) is 48.2 Å². The smallest absolute Gasteiger partial charge is 1.00 e. The molecule has 0 spiro atoms. The maximum Gasteiger partial charge on any atom is 3.00 e. The molecule has 0 saturated carbocycles. The zero-order valence-electron chi connectivity index (χ0n) is 25.2. The predicted molar refractivity (Wildman–Crippen MR) is 165 cm³/mol. The van der Waals surface area contributed by atoms with Crippen LogP contribution in [-0.2, 0) is 39.1 Å². The molecule has 0 radical (unpaired) electrons. The molecule has 0 saturated heterocycles. The second-order valence-corrected chi connectivity index (χ2v) is 11.1. The molecule has 7 rings (SSSR count). The van der Waals surface area contributed by atoms with Gasteiger partial charge in [-0.1, -0.05) is 127 Å². The average molecular weight is 707 g/mol. The van der Waals surface area contributed by atoms with Crippen LogP contribution in [0.15, 0.2) is 150 Å². The Morgan fingerprint density at radius 3 is 1.13 bits per heavy atom. The van der Waals surface area contributed by atoms with Gasteiger partial charge in [0, 0.05) is 0 Å². The second-order valence-electron chi connectivity index (χ2n) is 11.1. The Balaban J connectivity index is 0.00000144. The van der Waals surface area contributed by atoms with Gasteiger partial charge >= 0.3 is 18.6 Å². The van der Waals surface area contributed by atoms with Gasteiger partial charge in [-0.2, -0.15) is 0 Å². The van der Waals surface area contributed by atoms with Crippen LogP contribution in [0.25, 0.3) is 0 Å². The molecule has 2 aliphatic rings. The fourth-order valence-electron chi connectivity index (χ4n) is 5.98. The molecule has 232 valence electrons. The summed E-state index contributed by atoms with van der Waals surface area (Å²) in [4.78, 5) is 15.4. The van der Waals surface area contributed by atoms with Crippen LogP contribution < -0.4 is 37.2 Å². The fourth-order valence-corrected chi connectivity index (χ4v) is 5.98. The first-order chi connectivity index (χ1) is 20.5. The molecule has 46 heavy (non-hydrogen) atoms. The Hall–Kier alpha value is -3.58. The molecule has 1 aromatic heterocycles. The molecule has 0 fully saturated rings. The minimum absolute atomic E-state index is 0. The summed E-state index contributed by atoms with van der Waals surface area (Å²) in [6.45, 7) is 4.24. The van der Waals surface area contributed by atoms with Crippen LogP contribution in [0.3, 0.4) is 0 Å². The normalized spacial score (nSPS) is 22.7. The average Bonchev–Trinajstić information content (AvgIpc) is 3.62. The molecule has 3 heterocycles. The van der Waals surface area contributed by atoms with Gasteiger partial charge in [0.15, 0.2) is 12.2 Å². The van der Waals surface area contributed by atoms with Crippen LogP contribution in [0.1, 0.15) is 59.7 Å². The Morgan fingerprint density at radius 2 is 0.783 bits per heavy atom. The number of hydrogen-bond acceptors (Lipinski definition) is 5. The van der Waals surface area contributed by atoms with Crippen LogP contribution >= 0.6 is 0 Å². The van der Waals surface area contributed by atoms with Crippen LogP contribution in [-0.4, -0.2) is 16.8 Å². The monoisotopic (exact) mass is 705 g/mol. The largest absolute Gasteiger partial charge is 3.00 e. The van der Waals surface area contributed by atoms with Gasteiger partial charge in [0.05, 0.1) is 0 Å². The molecule has 4 unspecified atom stereocenters. The van der Waals surface area contributed by atoms with Crippen molar-refractivity contribution in [1.29, 1.82) is 0 Å². The van der Waals surface area contributed by atoms with E-state index in [2.05, 4.69) is 62.4 Å². The van der Waals surface area contributed by atoms with Crippen LogP contribution in [0.2, 0.25) is 0 Å². The molecule has 0 amide bonds. The number of aliphatic imine (C=N–C) groups is 2. The molecule has 4 aromatic carbocycles. The number of ether oxygens (including phenoxy) is 2. The van der Waals surface area contributed by atoms with Crippen molar-refractivity contribution >= 4 is 11.8 Å². The van der Waals surface area contributed by atoms with Crippen LogP contribution in [0.5, 0.6) is 0 Å². The van der Waals surface area contributed by atoms with Crippen molar-refractivity contribution in [3.63, 3.8) is 0 Å². The van der Waals surface area contributed by atoms with E-state index in [4.69, 9.17) is 24.4 Å². The van der Waals surface area contributed by atoms with Crippen LogP contribution in [0.4, 0.5) is 0 Å². The van der Waals surface area contributed by atoms with Gasteiger partial charge < -0.3 is 46.7 Å². The molecular formula is C37H31Cl3N3O2V. The molecule has 0 aliphatic carbocycles. The van der Waals surface area contributed by atoms with Gasteiger partial charge in [0.1, 0.15) is 22.5 Å². The third-order valence-electron chi connectivity index (χ3n) is 8.26. The maximum absolute atomic E-state index is 6.63. The summed E-state index contributed by atoms with van der Waals surface area (Å²) in [6, 6.07) is 46.9. The van der Waals surface area contributed by atoms with E-state index in [0.29, 0.717) is 23.2 Å². The van der Waals surface area contributed by atoms with E-state index in [-0.39, 0.29) is 68.0 Å². The molecular weight excluding hydrogens is 676 g/mol. The third kappa shape index (κ3) is 6.76. The zero-order valence-corrected chi connectivity index (χ0v) is 28.8. The molecule has 2 aliphatic heterocycles. The maximum atomic E-state index is 6.63. The summed E-state index contributed by atoms with van der Waals surface area (Å²) in [5, 5.41) is 0. The quantitative estimate of drug-likeness (QED) is 0.227. The first-order valence-electron chi connectivity index (χ1n) is 14.3. The van der Waals surface area contributed by atoms with Crippen molar-refractivity contribution < 1.29 is 65.3 Å².